The highest BCUT2D eigenvalue weighted by Gasteiger charge is 2.47. The van der Waals surface area contributed by atoms with Crippen LogP contribution in [0, 0.1) is 0 Å². The molecule has 0 amide bonds. The lowest BCUT2D eigenvalue weighted by molar-refractivity contribution is 0.332. The van der Waals surface area contributed by atoms with Gasteiger partial charge in [-0.2, -0.15) is 0 Å². The van der Waals surface area contributed by atoms with Gasteiger partial charge in [-0.25, -0.2) is 0 Å². The molecule has 0 spiro atoms. The molecule has 0 saturated heterocycles. The van der Waals surface area contributed by atoms with E-state index in [2.05, 4.69) is 320 Å². The minimum Gasteiger partial charge on any atom is -0.456 e. The molecule has 0 fully saturated rings. The lowest BCUT2D eigenvalue weighted by Gasteiger charge is -2.47. The largest absolute Gasteiger partial charge is 0.456 e. The molecule has 0 bridgehead atoms. The van der Waals surface area contributed by atoms with Crippen molar-refractivity contribution in [1.82, 2.24) is 0 Å². The molecule has 0 atom stereocenters. The molecule has 3 heterocycles. The zero-order valence-corrected chi connectivity index (χ0v) is 54.2. The number of hydrogen-bond donors (Lipinski definition) is 0. The summed E-state index contributed by atoms with van der Waals surface area (Å²) in [7, 11) is 0. The Labute approximate surface area is 518 Å². The van der Waals surface area contributed by atoms with E-state index in [1.807, 2.05) is 0 Å². The van der Waals surface area contributed by atoms with Crippen LogP contribution < -0.4 is 25.5 Å². The van der Waals surface area contributed by atoms with E-state index in [-0.39, 0.29) is 39.3 Å². The lowest BCUT2D eigenvalue weighted by Crippen LogP contribution is -2.61. The van der Waals surface area contributed by atoms with Gasteiger partial charge in [0.2, 0.25) is 0 Å². The zero-order chi connectivity index (χ0) is 61.1. The van der Waals surface area contributed by atoms with Gasteiger partial charge in [-0.1, -0.05) is 208 Å². The smallest absolute Gasteiger partial charge is 0.333 e. The molecule has 10 aromatic carbocycles. The van der Waals surface area contributed by atoms with Crippen LogP contribution in [0.2, 0.25) is 0 Å². The van der Waals surface area contributed by atoms with Crippen LogP contribution in [0.1, 0.15) is 157 Å². The quantitative estimate of drug-likeness (QED) is 0.155. The van der Waals surface area contributed by atoms with Crippen molar-refractivity contribution in [1.29, 1.82) is 0 Å². The van der Waals surface area contributed by atoms with Crippen LogP contribution in [0.5, 0.6) is 0 Å². The minimum atomic E-state index is -0.281. The molecule has 0 radical (unpaired) electrons. The predicted molar refractivity (Wildman–Crippen MR) is 375 cm³/mol. The van der Waals surface area contributed by atoms with E-state index < -0.39 is 0 Å². The van der Waals surface area contributed by atoms with Crippen LogP contribution in [0.25, 0.3) is 55.0 Å². The number of fused-ring (bicyclic) bond motifs is 10. The molecule has 3 aliphatic rings. The molecule has 11 aromatic rings. The predicted octanol–water partition coefficient (Wildman–Crippen LogP) is 22.1. The van der Waals surface area contributed by atoms with Crippen molar-refractivity contribution < 1.29 is 4.42 Å². The van der Waals surface area contributed by atoms with E-state index in [0.29, 0.717) is 0 Å². The van der Waals surface area contributed by atoms with Crippen molar-refractivity contribution in [2.75, 3.05) is 14.6 Å². The molecular formula is C82H84BN3O. The van der Waals surface area contributed by atoms with Crippen molar-refractivity contribution in [2.45, 2.75) is 156 Å². The van der Waals surface area contributed by atoms with Crippen molar-refractivity contribution in [3.8, 4) is 22.3 Å². The first-order valence-electron chi connectivity index (χ1n) is 31.8. The van der Waals surface area contributed by atoms with Gasteiger partial charge >= 0.3 is 6.85 Å². The standard InChI is InChI=1S/C82H84BN3O/c1-77(2,3)53-26-33-57(34-27-53)84(58-35-28-54(29-36-58)78(4,5)6)60-39-41-71-69(46-60)83-75-66(44-52-24-20-21-25-61(52)76(75)85(71)70-40-32-56(80(10,11)12)45-62(70)51-22-18-17-19-23-51)63-47-64-65-48-67-68(82(15,16)43-42-81(67,13)14)49-73(65)87-74(64)50-72(63)86(83)59-37-30-55(31-38-59)79(7,8)9/h17-41,44-50H,42-43H2,1-16H3. The molecule has 0 saturated carbocycles. The van der Waals surface area contributed by atoms with Crippen molar-refractivity contribution in [2.24, 2.45) is 0 Å². The summed E-state index contributed by atoms with van der Waals surface area (Å²) in [4.78, 5) is 7.81. The lowest BCUT2D eigenvalue weighted by atomic mass is 9.43. The molecule has 87 heavy (non-hydrogen) atoms. The topological polar surface area (TPSA) is 22.9 Å². The van der Waals surface area contributed by atoms with Gasteiger partial charge in [-0.05, 0) is 197 Å². The highest BCUT2D eigenvalue weighted by molar-refractivity contribution is 6.94. The fourth-order valence-electron chi connectivity index (χ4n) is 14.5. The van der Waals surface area contributed by atoms with Gasteiger partial charge in [0.25, 0.3) is 0 Å². The maximum absolute atomic E-state index is 7.26. The second-order valence-electron chi connectivity index (χ2n) is 31.0. The Morgan fingerprint density at radius 1 is 0.414 bits per heavy atom. The molecule has 14 rings (SSSR count). The van der Waals surface area contributed by atoms with E-state index >= 15 is 0 Å². The molecule has 2 aliphatic heterocycles. The Bertz CT molecular complexity index is 4480. The summed E-state index contributed by atoms with van der Waals surface area (Å²) >= 11 is 0. The SMILES string of the molecule is CC(C)(C)c1ccc(N2B3c4cc(N(c5ccc(C(C)(C)C)cc5)c5ccc(C(C)(C)C)cc5)ccc4N(c4ccc(C(C)(C)C)cc4-c4ccccc4)c4c3c(cc3ccccc43)-c3cc4c(cc32)oc2cc3c(cc24)C(C)(C)CCC3(C)C)cc1. The third-order valence-corrected chi connectivity index (χ3v) is 19.9. The molecule has 0 unspecified atom stereocenters. The van der Waals surface area contributed by atoms with Gasteiger partial charge in [-0.15, -0.1) is 0 Å². The molecule has 0 N–H and O–H groups in total. The second kappa shape index (κ2) is 19.6. The van der Waals surface area contributed by atoms with Crippen LogP contribution in [-0.2, 0) is 32.5 Å². The van der Waals surface area contributed by atoms with Crippen LogP contribution in [-0.4, -0.2) is 6.85 Å². The van der Waals surface area contributed by atoms with E-state index in [4.69, 9.17) is 4.42 Å². The van der Waals surface area contributed by atoms with Gasteiger partial charge in [0, 0.05) is 67.5 Å². The van der Waals surface area contributed by atoms with Crippen LogP contribution in [0.4, 0.5) is 45.5 Å². The molecule has 4 nitrogen and oxygen atoms in total. The van der Waals surface area contributed by atoms with Gasteiger partial charge in [0.1, 0.15) is 11.2 Å². The maximum atomic E-state index is 7.26. The molecule has 436 valence electrons. The number of benzene rings is 10. The average molecular weight is 1140 g/mol. The summed E-state index contributed by atoms with van der Waals surface area (Å²) in [6.45, 7) is 37.1. The average Bonchev–Trinajstić information content (AvgIpc) is 1.35. The molecular weight excluding hydrogens is 1050 g/mol. The minimum absolute atomic E-state index is 0.00102. The summed E-state index contributed by atoms with van der Waals surface area (Å²) in [5.41, 5.74) is 26.3. The van der Waals surface area contributed by atoms with E-state index in [9.17, 15) is 0 Å². The highest BCUT2D eigenvalue weighted by Crippen LogP contribution is 2.55. The Morgan fingerprint density at radius 3 is 1.52 bits per heavy atom. The van der Waals surface area contributed by atoms with Crippen molar-refractivity contribution >= 4 is 96.0 Å². The third-order valence-electron chi connectivity index (χ3n) is 19.9. The summed E-state index contributed by atoms with van der Waals surface area (Å²) in [6, 6.07) is 75.2. The Hall–Kier alpha value is -8.28. The highest BCUT2D eigenvalue weighted by atomic mass is 16.3. The molecule has 5 heteroatoms. The first kappa shape index (κ1) is 56.5. The number of hydrogen-bond acceptors (Lipinski definition) is 4. The van der Waals surface area contributed by atoms with E-state index in [1.54, 1.807) is 0 Å². The summed E-state index contributed by atoms with van der Waals surface area (Å²) in [6.07, 6.45) is 2.29. The number of nitrogens with zero attached hydrogens (tertiary/aromatic N) is 3. The summed E-state index contributed by atoms with van der Waals surface area (Å²) in [5, 5.41) is 4.76. The van der Waals surface area contributed by atoms with Gasteiger partial charge in [0.15, 0.2) is 0 Å². The Morgan fingerprint density at radius 2 is 0.920 bits per heavy atom. The number of anilines is 8. The van der Waals surface area contributed by atoms with Crippen LogP contribution in [0.3, 0.4) is 0 Å². The fraction of sp³-hybridized carbons (Fsp3) is 0.293. The molecule has 1 aromatic heterocycles. The normalized spacial score (nSPS) is 15.4. The fourth-order valence-corrected chi connectivity index (χ4v) is 14.5. The van der Waals surface area contributed by atoms with E-state index in [1.165, 1.54) is 88.4 Å². The van der Waals surface area contributed by atoms with Crippen molar-refractivity contribution in [3.63, 3.8) is 0 Å². The zero-order valence-electron chi connectivity index (χ0n) is 54.2. The summed E-state index contributed by atoms with van der Waals surface area (Å²) in [5.74, 6) is 0. The first-order valence-corrected chi connectivity index (χ1v) is 31.8. The number of furan rings is 1. The Kier molecular flexibility index (Phi) is 12.7. The maximum Gasteiger partial charge on any atom is 0.333 e. The van der Waals surface area contributed by atoms with Crippen molar-refractivity contribution in [3.05, 3.63) is 228 Å². The van der Waals surface area contributed by atoms with E-state index in [0.717, 1.165) is 69.2 Å². The van der Waals surface area contributed by atoms with Crippen LogP contribution in [0.15, 0.2) is 199 Å². The Balaban J connectivity index is 1.12. The summed E-state index contributed by atoms with van der Waals surface area (Å²) < 4.78 is 7.26. The van der Waals surface area contributed by atoms with Crippen LogP contribution >= 0.6 is 0 Å². The third kappa shape index (κ3) is 9.40. The van der Waals surface area contributed by atoms with Gasteiger partial charge < -0.3 is 19.0 Å². The van der Waals surface area contributed by atoms with Gasteiger partial charge in [0.05, 0.1) is 11.4 Å². The second-order valence-corrected chi connectivity index (χ2v) is 31.0. The molecule has 1 aliphatic carbocycles. The number of rotatable bonds is 6. The first-order chi connectivity index (χ1) is 41.1. The van der Waals surface area contributed by atoms with Gasteiger partial charge in [-0.3, -0.25) is 0 Å². The monoisotopic (exact) mass is 1140 g/mol.